The molecule has 0 aliphatic rings. The highest BCUT2D eigenvalue weighted by atomic mass is 16.5. The predicted octanol–water partition coefficient (Wildman–Crippen LogP) is 4.57. The van der Waals surface area contributed by atoms with Gasteiger partial charge in [0.15, 0.2) is 0 Å². The summed E-state index contributed by atoms with van der Waals surface area (Å²) in [6, 6.07) is 9.77. The van der Waals surface area contributed by atoms with Gasteiger partial charge in [0.2, 0.25) is 11.8 Å². The number of nitrogens with one attached hydrogen (secondary N) is 2. The quantitative estimate of drug-likeness (QED) is 0.283. The number of ether oxygens (including phenoxy) is 1. The number of benzene rings is 1. The van der Waals surface area contributed by atoms with Crippen LogP contribution in [0.15, 0.2) is 41.6 Å². The smallest absolute Gasteiger partial charge is 0.229 e. The maximum atomic E-state index is 10.0. The fourth-order valence-electron chi connectivity index (χ4n) is 3.22. The van der Waals surface area contributed by atoms with Crippen molar-refractivity contribution in [2.75, 3.05) is 30.0 Å². The summed E-state index contributed by atoms with van der Waals surface area (Å²) in [6.07, 6.45) is 6.70. The van der Waals surface area contributed by atoms with E-state index < -0.39 is 5.60 Å². The summed E-state index contributed by atoms with van der Waals surface area (Å²) in [5.41, 5.74) is 4.69. The Bertz CT molecular complexity index is 1020. The van der Waals surface area contributed by atoms with Gasteiger partial charge in [-0.25, -0.2) is 4.98 Å². The molecule has 0 fully saturated rings. The molecule has 172 valence electrons. The largest absolute Gasteiger partial charge is 0.474 e. The van der Waals surface area contributed by atoms with E-state index >= 15 is 0 Å². The van der Waals surface area contributed by atoms with Gasteiger partial charge in [0.1, 0.15) is 6.61 Å². The van der Waals surface area contributed by atoms with E-state index in [1.807, 2.05) is 30.5 Å². The van der Waals surface area contributed by atoms with Gasteiger partial charge < -0.3 is 19.7 Å². The van der Waals surface area contributed by atoms with Crippen molar-refractivity contribution in [3.8, 4) is 5.88 Å². The molecule has 0 spiro atoms. The first-order chi connectivity index (χ1) is 15.4. The van der Waals surface area contributed by atoms with Crippen LogP contribution in [0.4, 0.5) is 11.6 Å². The van der Waals surface area contributed by atoms with Gasteiger partial charge >= 0.3 is 0 Å². The van der Waals surface area contributed by atoms with Crippen LogP contribution in [0.3, 0.4) is 0 Å². The number of aromatic amines is 1. The standard InChI is InChI=1S/C24H34N6O2/c1-5-7-13-30(12-6-2)23-27-18(14-22(28-23)32-17-24(3,4)31)15-26-29-21-16-25-20-11-9-8-10-19(20)21/h8-11,14-16,25,29,31H,5-7,12-13,17H2,1-4H3/b26-15+. The zero-order valence-electron chi connectivity index (χ0n) is 19.4. The summed E-state index contributed by atoms with van der Waals surface area (Å²) in [6.45, 7) is 9.59. The van der Waals surface area contributed by atoms with Crippen molar-refractivity contribution in [2.45, 2.75) is 52.6 Å². The molecule has 2 heterocycles. The molecule has 0 aliphatic heterocycles. The molecule has 0 radical (unpaired) electrons. The highest BCUT2D eigenvalue weighted by molar-refractivity contribution is 5.92. The lowest BCUT2D eigenvalue weighted by Gasteiger charge is -2.23. The number of fused-ring (bicyclic) bond motifs is 1. The predicted molar refractivity (Wildman–Crippen MR) is 131 cm³/mol. The molecule has 1 aromatic carbocycles. The van der Waals surface area contributed by atoms with Gasteiger partial charge in [-0.15, -0.1) is 0 Å². The van der Waals surface area contributed by atoms with Crippen LogP contribution in [0.1, 0.15) is 52.7 Å². The van der Waals surface area contributed by atoms with Crippen molar-refractivity contribution in [3.05, 3.63) is 42.2 Å². The Morgan fingerprint density at radius 1 is 1.19 bits per heavy atom. The van der Waals surface area contributed by atoms with Crippen molar-refractivity contribution >= 4 is 28.8 Å². The topological polar surface area (TPSA) is 98.7 Å². The third-order valence-electron chi connectivity index (χ3n) is 4.81. The number of anilines is 2. The fourth-order valence-corrected chi connectivity index (χ4v) is 3.22. The van der Waals surface area contributed by atoms with Crippen LogP contribution in [-0.4, -0.2) is 51.6 Å². The van der Waals surface area contributed by atoms with Gasteiger partial charge in [-0.3, -0.25) is 5.43 Å². The zero-order valence-corrected chi connectivity index (χ0v) is 19.4. The molecule has 3 N–H and O–H groups in total. The first-order valence-electron chi connectivity index (χ1n) is 11.2. The van der Waals surface area contributed by atoms with Gasteiger partial charge in [0, 0.05) is 36.3 Å². The fraction of sp³-hybridized carbons (Fsp3) is 0.458. The van der Waals surface area contributed by atoms with Crippen LogP contribution in [0.2, 0.25) is 0 Å². The monoisotopic (exact) mass is 438 g/mol. The van der Waals surface area contributed by atoms with E-state index in [2.05, 4.69) is 39.2 Å². The Balaban J connectivity index is 1.84. The van der Waals surface area contributed by atoms with Crippen molar-refractivity contribution in [3.63, 3.8) is 0 Å². The zero-order chi connectivity index (χ0) is 23.0. The SMILES string of the molecule is CCCCN(CCC)c1nc(/C=N/Nc2c[nH]c3ccccc23)cc(OCC(C)(C)O)n1. The molecule has 3 rings (SSSR count). The maximum Gasteiger partial charge on any atom is 0.229 e. The second-order valence-electron chi connectivity index (χ2n) is 8.49. The van der Waals surface area contributed by atoms with Gasteiger partial charge in [-0.1, -0.05) is 38.5 Å². The Hall–Kier alpha value is -3.13. The van der Waals surface area contributed by atoms with E-state index in [1.165, 1.54) is 0 Å². The molecule has 0 saturated heterocycles. The molecule has 0 saturated carbocycles. The number of para-hydroxylation sites is 1. The molecule has 0 atom stereocenters. The average molecular weight is 439 g/mol. The number of rotatable bonds is 12. The Kier molecular flexibility index (Phi) is 8.05. The third-order valence-corrected chi connectivity index (χ3v) is 4.81. The molecule has 0 bridgehead atoms. The summed E-state index contributed by atoms with van der Waals surface area (Å²) in [4.78, 5) is 14.7. The minimum atomic E-state index is -0.957. The van der Waals surface area contributed by atoms with Crippen molar-refractivity contribution in [1.29, 1.82) is 0 Å². The van der Waals surface area contributed by atoms with Crippen LogP contribution in [0.5, 0.6) is 5.88 Å². The van der Waals surface area contributed by atoms with E-state index in [1.54, 1.807) is 26.1 Å². The highest BCUT2D eigenvalue weighted by Gasteiger charge is 2.16. The number of aliphatic hydroxyl groups is 1. The van der Waals surface area contributed by atoms with Gasteiger partial charge in [0.05, 0.1) is 23.2 Å². The van der Waals surface area contributed by atoms with Crippen LogP contribution in [0.25, 0.3) is 10.9 Å². The Labute approximate surface area is 189 Å². The lowest BCUT2D eigenvalue weighted by molar-refractivity contribution is 0.0268. The number of aromatic nitrogens is 3. The number of H-pyrrole nitrogens is 1. The summed E-state index contributed by atoms with van der Waals surface area (Å²) >= 11 is 0. The van der Waals surface area contributed by atoms with E-state index in [0.29, 0.717) is 17.5 Å². The molecular weight excluding hydrogens is 404 g/mol. The molecule has 0 amide bonds. The number of hydrogen-bond acceptors (Lipinski definition) is 7. The molecule has 8 nitrogen and oxygen atoms in total. The summed E-state index contributed by atoms with van der Waals surface area (Å²) in [5.74, 6) is 1.03. The van der Waals surface area contributed by atoms with E-state index in [0.717, 1.165) is 48.9 Å². The second kappa shape index (κ2) is 10.9. The number of hydrogen-bond donors (Lipinski definition) is 3. The van der Waals surface area contributed by atoms with Gasteiger partial charge in [-0.2, -0.15) is 10.1 Å². The summed E-state index contributed by atoms with van der Waals surface area (Å²) < 4.78 is 5.78. The lowest BCUT2D eigenvalue weighted by atomic mass is 10.2. The van der Waals surface area contributed by atoms with Crippen LogP contribution in [-0.2, 0) is 0 Å². The summed E-state index contributed by atoms with van der Waals surface area (Å²) in [7, 11) is 0. The minimum Gasteiger partial charge on any atom is -0.474 e. The molecule has 3 aromatic rings. The third kappa shape index (κ3) is 6.68. The Morgan fingerprint density at radius 3 is 2.75 bits per heavy atom. The van der Waals surface area contributed by atoms with Gasteiger partial charge in [-0.05, 0) is 32.8 Å². The number of hydrazone groups is 1. The number of unbranched alkanes of at least 4 members (excludes halogenated alkanes) is 1. The Morgan fingerprint density at radius 2 is 2.00 bits per heavy atom. The maximum absolute atomic E-state index is 10.0. The van der Waals surface area contributed by atoms with E-state index in [9.17, 15) is 5.11 Å². The van der Waals surface area contributed by atoms with Crippen molar-refractivity contribution in [2.24, 2.45) is 5.10 Å². The molecular formula is C24H34N6O2. The van der Waals surface area contributed by atoms with Crippen LogP contribution < -0.4 is 15.1 Å². The van der Waals surface area contributed by atoms with Crippen LogP contribution in [0, 0.1) is 0 Å². The number of nitrogens with zero attached hydrogens (tertiary/aromatic N) is 4. The molecule has 2 aromatic heterocycles. The highest BCUT2D eigenvalue weighted by Crippen LogP contribution is 2.22. The van der Waals surface area contributed by atoms with E-state index in [4.69, 9.17) is 9.72 Å². The van der Waals surface area contributed by atoms with Gasteiger partial charge in [0.25, 0.3) is 0 Å². The lowest BCUT2D eigenvalue weighted by Crippen LogP contribution is -2.29. The molecule has 0 aliphatic carbocycles. The van der Waals surface area contributed by atoms with Crippen LogP contribution >= 0.6 is 0 Å². The second-order valence-corrected chi connectivity index (χ2v) is 8.49. The first kappa shape index (κ1) is 23.5. The van der Waals surface area contributed by atoms with Crippen molar-refractivity contribution < 1.29 is 9.84 Å². The summed E-state index contributed by atoms with van der Waals surface area (Å²) in [5, 5.41) is 15.5. The average Bonchev–Trinajstić information content (AvgIpc) is 3.18. The van der Waals surface area contributed by atoms with E-state index in [-0.39, 0.29) is 6.61 Å². The first-order valence-corrected chi connectivity index (χ1v) is 11.2. The normalized spacial score (nSPS) is 11.9. The minimum absolute atomic E-state index is 0.135. The van der Waals surface area contributed by atoms with Crippen molar-refractivity contribution in [1.82, 2.24) is 15.0 Å². The molecule has 8 heteroatoms. The molecule has 32 heavy (non-hydrogen) atoms. The molecule has 0 unspecified atom stereocenters.